The highest BCUT2D eigenvalue weighted by molar-refractivity contribution is 5.33. The van der Waals surface area contributed by atoms with Crippen molar-refractivity contribution in [3.8, 4) is 0 Å². The lowest BCUT2D eigenvalue weighted by molar-refractivity contribution is 0.101. The summed E-state index contributed by atoms with van der Waals surface area (Å²) in [5, 5.41) is 10.2. The second kappa shape index (κ2) is 3.72. The zero-order valence-corrected chi connectivity index (χ0v) is 8.58. The van der Waals surface area contributed by atoms with E-state index >= 15 is 0 Å². The summed E-state index contributed by atoms with van der Waals surface area (Å²) in [4.78, 5) is 0. The molecule has 2 aromatic rings. The van der Waals surface area contributed by atoms with Gasteiger partial charge in [-0.2, -0.15) is 0 Å². The molecule has 1 unspecified atom stereocenters. The van der Waals surface area contributed by atoms with Crippen LogP contribution in [0.5, 0.6) is 0 Å². The van der Waals surface area contributed by atoms with Crippen LogP contribution in [-0.4, -0.2) is 5.11 Å². The molecule has 0 bridgehead atoms. The fourth-order valence-corrected chi connectivity index (χ4v) is 1.51. The van der Waals surface area contributed by atoms with Crippen molar-refractivity contribution in [2.24, 2.45) is 0 Å². The van der Waals surface area contributed by atoms with E-state index in [9.17, 15) is 13.9 Å². The SMILES string of the molecule is CC(O)(c1ccoc1)c1ccc(F)c(F)c1. The second-order valence-corrected chi connectivity index (χ2v) is 3.71. The maximum Gasteiger partial charge on any atom is 0.159 e. The van der Waals surface area contributed by atoms with E-state index in [4.69, 9.17) is 4.42 Å². The summed E-state index contributed by atoms with van der Waals surface area (Å²) >= 11 is 0. The van der Waals surface area contributed by atoms with E-state index in [0.717, 1.165) is 12.1 Å². The van der Waals surface area contributed by atoms with Crippen LogP contribution in [0.3, 0.4) is 0 Å². The van der Waals surface area contributed by atoms with Crippen molar-refractivity contribution >= 4 is 0 Å². The van der Waals surface area contributed by atoms with Crippen LogP contribution in [0, 0.1) is 11.6 Å². The Hall–Kier alpha value is -1.68. The third-order valence-corrected chi connectivity index (χ3v) is 2.57. The zero-order chi connectivity index (χ0) is 11.8. The zero-order valence-electron chi connectivity index (χ0n) is 8.58. The number of rotatable bonds is 2. The first-order valence-corrected chi connectivity index (χ1v) is 4.72. The van der Waals surface area contributed by atoms with Crippen LogP contribution in [-0.2, 0) is 5.60 Å². The summed E-state index contributed by atoms with van der Waals surface area (Å²) in [7, 11) is 0. The quantitative estimate of drug-likeness (QED) is 0.850. The van der Waals surface area contributed by atoms with E-state index in [1.54, 1.807) is 6.07 Å². The summed E-state index contributed by atoms with van der Waals surface area (Å²) in [5.74, 6) is -1.92. The van der Waals surface area contributed by atoms with Gasteiger partial charge in [0.15, 0.2) is 11.6 Å². The topological polar surface area (TPSA) is 33.4 Å². The van der Waals surface area contributed by atoms with Crippen LogP contribution in [0.1, 0.15) is 18.1 Å². The van der Waals surface area contributed by atoms with Crippen molar-refractivity contribution in [1.29, 1.82) is 0 Å². The van der Waals surface area contributed by atoms with Gasteiger partial charge < -0.3 is 9.52 Å². The minimum Gasteiger partial charge on any atom is -0.472 e. The minimum absolute atomic E-state index is 0.271. The molecule has 0 saturated carbocycles. The first kappa shape index (κ1) is 10.8. The number of benzene rings is 1. The Morgan fingerprint density at radius 2 is 1.88 bits per heavy atom. The molecular formula is C12H10F2O2. The molecule has 0 fully saturated rings. The van der Waals surface area contributed by atoms with Crippen LogP contribution in [0.15, 0.2) is 41.2 Å². The summed E-state index contributed by atoms with van der Waals surface area (Å²) in [5.41, 5.74) is -0.645. The molecule has 0 amide bonds. The van der Waals surface area contributed by atoms with E-state index < -0.39 is 17.2 Å². The predicted octanol–water partition coefficient (Wildman–Crippen LogP) is 2.81. The maximum absolute atomic E-state index is 13.0. The van der Waals surface area contributed by atoms with Crippen molar-refractivity contribution in [3.05, 3.63) is 59.6 Å². The number of hydrogen-bond acceptors (Lipinski definition) is 2. The second-order valence-electron chi connectivity index (χ2n) is 3.71. The van der Waals surface area contributed by atoms with Crippen LogP contribution in [0.4, 0.5) is 8.78 Å². The number of hydrogen-bond donors (Lipinski definition) is 1. The van der Waals surface area contributed by atoms with Gasteiger partial charge in [-0.15, -0.1) is 0 Å². The largest absolute Gasteiger partial charge is 0.472 e. The van der Waals surface area contributed by atoms with Crippen LogP contribution < -0.4 is 0 Å². The van der Waals surface area contributed by atoms with Crippen molar-refractivity contribution in [1.82, 2.24) is 0 Å². The summed E-state index contributed by atoms with van der Waals surface area (Å²) in [6.07, 6.45) is 2.77. The van der Waals surface area contributed by atoms with Crippen molar-refractivity contribution in [2.45, 2.75) is 12.5 Å². The van der Waals surface area contributed by atoms with E-state index in [1.165, 1.54) is 25.5 Å². The van der Waals surface area contributed by atoms with E-state index in [-0.39, 0.29) is 5.56 Å². The molecule has 0 spiro atoms. The Labute approximate surface area is 91.1 Å². The Morgan fingerprint density at radius 3 is 2.44 bits per heavy atom. The average Bonchev–Trinajstić information content (AvgIpc) is 2.75. The Bertz CT molecular complexity index is 490. The lowest BCUT2D eigenvalue weighted by Gasteiger charge is -2.22. The van der Waals surface area contributed by atoms with Gasteiger partial charge in [-0.25, -0.2) is 8.78 Å². The Kier molecular flexibility index (Phi) is 2.52. The average molecular weight is 224 g/mol. The Morgan fingerprint density at radius 1 is 1.12 bits per heavy atom. The fraction of sp³-hybridized carbons (Fsp3) is 0.167. The molecule has 84 valence electrons. The first-order valence-electron chi connectivity index (χ1n) is 4.72. The van der Waals surface area contributed by atoms with Gasteiger partial charge in [-0.05, 0) is 30.7 Å². The van der Waals surface area contributed by atoms with Crippen molar-refractivity contribution < 1.29 is 18.3 Å². The molecule has 1 aromatic heterocycles. The smallest absolute Gasteiger partial charge is 0.159 e. The number of furan rings is 1. The minimum atomic E-state index is -1.40. The molecule has 0 saturated heterocycles. The van der Waals surface area contributed by atoms with Gasteiger partial charge >= 0.3 is 0 Å². The highest BCUT2D eigenvalue weighted by Crippen LogP contribution is 2.30. The van der Waals surface area contributed by atoms with Gasteiger partial charge in [-0.1, -0.05) is 6.07 Å². The summed E-state index contributed by atoms with van der Waals surface area (Å²) in [6, 6.07) is 4.87. The van der Waals surface area contributed by atoms with E-state index in [1.807, 2.05) is 0 Å². The summed E-state index contributed by atoms with van der Waals surface area (Å²) < 4.78 is 30.6. The molecule has 0 radical (unpaired) electrons. The molecule has 1 N–H and O–H groups in total. The molecule has 2 nitrogen and oxygen atoms in total. The van der Waals surface area contributed by atoms with Crippen LogP contribution in [0.25, 0.3) is 0 Å². The van der Waals surface area contributed by atoms with Gasteiger partial charge in [0.25, 0.3) is 0 Å². The number of aliphatic hydroxyl groups is 1. The maximum atomic E-state index is 13.0. The fourth-order valence-electron chi connectivity index (χ4n) is 1.51. The van der Waals surface area contributed by atoms with E-state index in [2.05, 4.69) is 0 Å². The molecule has 2 rings (SSSR count). The first-order chi connectivity index (χ1) is 7.51. The van der Waals surface area contributed by atoms with Crippen LogP contribution in [0.2, 0.25) is 0 Å². The van der Waals surface area contributed by atoms with Gasteiger partial charge in [0.2, 0.25) is 0 Å². The Balaban J connectivity index is 2.47. The lowest BCUT2D eigenvalue weighted by atomic mass is 9.90. The molecule has 4 heteroatoms. The lowest BCUT2D eigenvalue weighted by Crippen LogP contribution is -2.22. The molecule has 16 heavy (non-hydrogen) atoms. The third-order valence-electron chi connectivity index (χ3n) is 2.57. The molecule has 1 heterocycles. The molecule has 1 aromatic carbocycles. The van der Waals surface area contributed by atoms with Gasteiger partial charge in [0.05, 0.1) is 12.5 Å². The molecule has 0 aliphatic heterocycles. The van der Waals surface area contributed by atoms with Gasteiger partial charge in [0.1, 0.15) is 5.60 Å². The number of halogens is 2. The van der Waals surface area contributed by atoms with Gasteiger partial charge in [0, 0.05) is 5.56 Å². The molecule has 0 aliphatic rings. The predicted molar refractivity (Wildman–Crippen MR) is 53.7 cm³/mol. The molecule has 1 atom stereocenters. The van der Waals surface area contributed by atoms with Crippen molar-refractivity contribution in [2.75, 3.05) is 0 Å². The third kappa shape index (κ3) is 1.72. The highest BCUT2D eigenvalue weighted by Gasteiger charge is 2.27. The molecular weight excluding hydrogens is 214 g/mol. The highest BCUT2D eigenvalue weighted by atomic mass is 19.2. The molecule has 0 aliphatic carbocycles. The standard InChI is InChI=1S/C12H10F2O2/c1-12(15,9-4-5-16-7-9)8-2-3-10(13)11(14)6-8/h2-7,15H,1H3. The van der Waals surface area contributed by atoms with Crippen LogP contribution >= 0.6 is 0 Å². The normalized spacial score (nSPS) is 14.8. The summed E-state index contributed by atoms with van der Waals surface area (Å²) in [6.45, 7) is 1.49. The van der Waals surface area contributed by atoms with Crippen molar-refractivity contribution in [3.63, 3.8) is 0 Å². The van der Waals surface area contributed by atoms with E-state index in [0.29, 0.717) is 5.56 Å². The van der Waals surface area contributed by atoms with Gasteiger partial charge in [-0.3, -0.25) is 0 Å². The monoisotopic (exact) mass is 224 g/mol.